The van der Waals surface area contributed by atoms with E-state index in [2.05, 4.69) is 26.3 Å². The first kappa shape index (κ1) is 25.1. The molecule has 0 spiro atoms. The summed E-state index contributed by atoms with van der Waals surface area (Å²) in [6, 6.07) is 17.0. The first-order chi connectivity index (χ1) is 17.5. The number of carbonyl (C=O) groups is 2. The van der Waals surface area contributed by atoms with Crippen LogP contribution >= 0.6 is 23.1 Å². The zero-order chi connectivity index (χ0) is 25.5. The highest BCUT2D eigenvalue weighted by atomic mass is 32.2. The largest absolute Gasteiger partial charge is 0.465 e. The Labute approximate surface area is 215 Å². The number of esters is 1. The van der Waals surface area contributed by atoms with Gasteiger partial charge in [0.1, 0.15) is 11.6 Å². The van der Waals surface area contributed by atoms with Crippen LogP contribution in [0.2, 0.25) is 0 Å². The molecule has 4 aromatic rings. The quantitative estimate of drug-likeness (QED) is 0.192. The van der Waals surface area contributed by atoms with Gasteiger partial charge >= 0.3 is 5.97 Å². The van der Waals surface area contributed by atoms with E-state index in [-0.39, 0.29) is 34.9 Å². The van der Waals surface area contributed by atoms with Crippen molar-refractivity contribution in [3.63, 3.8) is 0 Å². The zero-order valence-electron chi connectivity index (χ0n) is 19.5. The third-order valence-electron chi connectivity index (χ3n) is 4.77. The first-order valence-electron chi connectivity index (χ1n) is 10.9. The lowest BCUT2D eigenvalue weighted by Crippen LogP contribution is -2.17. The molecule has 2 heterocycles. The van der Waals surface area contributed by atoms with Gasteiger partial charge in [0.05, 0.1) is 28.3 Å². The molecule has 0 unspecified atom stereocenters. The van der Waals surface area contributed by atoms with Crippen molar-refractivity contribution in [2.45, 2.75) is 19.0 Å². The topological polar surface area (TPSA) is 127 Å². The van der Waals surface area contributed by atoms with Crippen molar-refractivity contribution in [3.8, 4) is 23.2 Å². The van der Waals surface area contributed by atoms with Crippen LogP contribution in [0.5, 0.6) is 5.88 Å². The van der Waals surface area contributed by atoms with Gasteiger partial charge in [-0.1, -0.05) is 59.5 Å². The number of hydrogen-bond donors (Lipinski definition) is 1. The second-order valence-electron chi connectivity index (χ2n) is 7.43. The Hall–Kier alpha value is -4.01. The van der Waals surface area contributed by atoms with E-state index in [0.29, 0.717) is 16.4 Å². The van der Waals surface area contributed by atoms with Crippen molar-refractivity contribution >= 4 is 50.3 Å². The summed E-state index contributed by atoms with van der Waals surface area (Å²) in [4.78, 5) is 37.6. The number of aryl methyl sites for hydroxylation is 1. The number of hydrogen-bond acceptors (Lipinski definition) is 10. The maximum Gasteiger partial charge on any atom is 0.344 e. The van der Waals surface area contributed by atoms with Crippen molar-refractivity contribution in [2.75, 3.05) is 24.3 Å². The van der Waals surface area contributed by atoms with Crippen LogP contribution in [0.3, 0.4) is 0 Å². The SMILES string of the molecule is CCOC(=O)COc1nc(SCC(=O)Nc2nc3ccc(C)cc3s2)nc(-c2ccccc2)c1C#N. The molecule has 0 atom stereocenters. The predicted molar refractivity (Wildman–Crippen MR) is 138 cm³/mol. The summed E-state index contributed by atoms with van der Waals surface area (Å²) in [7, 11) is 0. The Balaban J connectivity index is 1.54. The first-order valence-corrected chi connectivity index (χ1v) is 12.7. The van der Waals surface area contributed by atoms with Crippen molar-refractivity contribution in [1.29, 1.82) is 5.26 Å². The fourth-order valence-electron chi connectivity index (χ4n) is 3.20. The lowest BCUT2D eigenvalue weighted by atomic mass is 10.1. The second kappa shape index (κ2) is 11.6. The van der Waals surface area contributed by atoms with Crippen LogP contribution < -0.4 is 10.1 Å². The third-order valence-corrected chi connectivity index (χ3v) is 6.55. The number of nitrogens with zero attached hydrogens (tertiary/aromatic N) is 4. The zero-order valence-corrected chi connectivity index (χ0v) is 21.1. The molecule has 0 aliphatic heterocycles. The van der Waals surface area contributed by atoms with Crippen molar-refractivity contribution in [3.05, 3.63) is 59.7 Å². The molecule has 11 heteroatoms. The summed E-state index contributed by atoms with van der Waals surface area (Å²) in [5.74, 6) is -0.907. The Morgan fingerprint density at radius 3 is 2.69 bits per heavy atom. The monoisotopic (exact) mass is 519 g/mol. The highest BCUT2D eigenvalue weighted by Crippen LogP contribution is 2.31. The molecule has 1 N–H and O–H groups in total. The van der Waals surface area contributed by atoms with Crippen LogP contribution in [-0.4, -0.2) is 45.8 Å². The van der Waals surface area contributed by atoms with Crippen molar-refractivity contribution < 1.29 is 19.1 Å². The van der Waals surface area contributed by atoms with Gasteiger partial charge < -0.3 is 14.8 Å². The van der Waals surface area contributed by atoms with Gasteiger partial charge in [0.2, 0.25) is 11.8 Å². The summed E-state index contributed by atoms with van der Waals surface area (Å²) in [6.45, 7) is 3.48. The number of thioether (sulfide) groups is 1. The molecule has 0 bridgehead atoms. The molecule has 0 saturated carbocycles. The molecule has 182 valence electrons. The number of benzene rings is 2. The highest BCUT2D eigenvalue weighted by molar-refractivity contribution is 7.99. The molecule has 2 aromatic carbocycles. The second-order valence-corrected chi connectivity index (χ2v) is 9.41. The van der Waals surface area contributed by atoms with Crippen molar-refractivity contribution in [1.82, 2.24) is 15.0 Å². The molecule has 9 nitrogen and oxygen atoms in total. The average molecular weight is 520 g/mol. The van der Waals surface area contributed by atoms with E-state index in [1.807, 2.05) is 43.3 Å². The number of rotatable bonds is 9. The van der Waals surface area contributed by atoms with Gasteiger partial charge in [-0.05, 0) is 31.5 Å². The summed E-state index contributed by atoms with van der Waals surface area (Å²) in [5.41, 5.74) is 3.04. The van der Waals surface area contributed by atoms with Crippen LogP contribution in [0.15, 0.2) is 53.7 Å². The van der Waals surface area contributed by atoms with E-state index in [9.17, 15) is 14.9 Å². The minimum Gasteiger partial charge on any atom is -0.465 e. The molecule has 0 radical (unpaired) electrons. The lowest BCUT2D eigenvalue weighted by molar-refractivity contribution is -0.145. The Bertz CT molecular complexity index is 1450. The van der Waals surface area contributed by atoms with E-state index < -0.39 is 12.6 Å². The normalized spacial score (nSPS) is 10.6. The molecule has 2 aromatic heterocycles. The number of nitriles is 1. The third kappa shape index (κ3) is 6.16. The summed E-state index contributed by atoms with van der Waals surface area (Å²) < 4.78 is 11.4. The number of carbonyl (C=O) groups excluding carboxylic acids is 2. The standard InChI is InChI=1S/C25H21N5O4S2/c1-3-33-21(32)13-34-23-17(12-26)22(16-7-5-4-6-8-16)29-24(30-23)35-14-20(31)28-25-27-18-10-9-15(2)11-19(18)36-25/h4-11H,3,13-14H2,1-2H3,(H,27,28,31). The van der Waals surface area contributed by atoms with Crippen LogP contribution in [-0.2, 0) is 14.3 Å². The minimum absolute atomic E-state index is 0.00635. The van der Waals surface area contributed by atoms with Gasteiger partial charge in [-0.15, -0.1) is 0 Å². The molecule has 1 amide bonds. The van der Waals surface area contributed by atoms with E-state index in [1.165, 1.54) is 11.3 Å². The van der Waals surface area contributed by atoms with Crippen LogP contribution in [0.1, 0.15) is 18.1 Å². The number of fused-ring (bicyclic) bond motifs is 1. The summed E-state index contributed by atoms with van der Waals surface area (Å²) in [5, 5.41) is 13.3. The van der Waals surface area contributed by atoms with Crippen LogP contribution in [0, 0.1) is 18.3 Å². The lowest BCUT2D eigenvalue weighted by Gasteiger charge is -2.12. The van der Waals surface area contributed by atoms with Gasteiger partial charge in [-0.3, -0.25) is 4.79 Å². The average Bonchev–Trinajstić information content (AvgIpc) is 3.27. The summed E-state index contributed by atoms with van der Waals surface area (Å²) in [6.07, 6.45) is 0. The van der Waals surface area contributed by atoms with Gasteiger partial charge in [-0.2, -0.15) is 10.2 Å². The smallest absolute Gasteiger partial charge is 0.344 e. The van der Waals surface area contributed by atoms with Crippen molar-refractivity contribution in [2.24, 2.45) is 0 Å². The van der Waals surface area contributed by atoms with Crippen LogP contribution in [0.25, 0.3) is 21.5 Å². The number of anilines is 1. The van der Waals surface area contributed by atoms with E-state index in [4.69, 9.17) is 9.47 Å². The highest BCUT2D eigenvalue weighted by Gasteiger charge is 2.20. The maximum atomic E-state index is 12.6. The number of aromatic nitrogens is 3. The fourth-order valence-corrected chi connectivity index (χ4v) is 4.81. The molecule has 4 rings (SSSR count). The number of ether oxygens (including phenoxy) is 2. The van der Waals surface area contributed by atoms with Crippen LogP contribution in [0.4, 0.5) is 5.13 Å². The molecule has 0 aliphatic rings. The van der Waals surface area contributed by atoms with Gasteiger partial charge in [0.15, 0.2) is 16.9 Å². The van der Waals surface area contributed by atoms with E-state index in [1.54, 1.807) is 19.1 Å². The number of nitrogens with one attached hydrogen (secondary N) is 1. The molecule has 0 aliphatic carbocycles. The Morgan fingerprint density at radius 2 is 1.94 bits per heavy atom. The van der Waals surface area contributed by atoms with Gasteiger partial charge in [-0.25, -0.2) is 14.8 Å². The molecular weight excluding hydrogens is 498 g/mol. The Kier molecular flexibility index (Phi) is 8.10. The minimum atomic E-state index is -0.583. The molecule has 0 fully saturated rings. The van der Waals surface area contributed by atoms with E-state index in [0.717, 1.165) is 27.5 Å². The van der Waals surface area contributed by atoms with E-state index >= 15 is 0 Å². The molecular formula is C25H21N5O4S2. The fraction of sp³-hybridized carbons (Fsp3) is 0.200. The Morgan fingerprint density at radius 1 is 1.14 bits per heavy atom. The number of amides is 1. The number of thiazole rings is 1. The molecule has 36 heavy (non-hydrogen) atoms. The maximum absolute atomic E-state index is 12.6. The summed E-state index contributed by atoms with van der Waals surface area (Å²) >= 11 is 2.48. The van der Waals surface area contributed by atoms with Gasteiger partial charge in [0.25, 0.3) is 0 Å². The van der Waals surface area contributed by atoms with Gasteiger partial charge in [0, 0.05) is 5.56 Å². The predicted octanol–water partition coefficient (Wildman–Crippen LogP) is 4.61. The molecule has 0 saturated heterocycles.